The Hall–Kier alpha value is -3.09. The lowest BCUT2D eigenvalue weighted by atomic mass is 10.2. The van der Waals surface area contributed by atoms with Gasteiger partial charge in [-0.25, -0.2) is 4.39 Å². The van der Waals surface area contributed by atoms with Crippen molar-refractivity contribution in [2.24, 2.45) is 0 Å². The van der Waals surface area contributed by atoms with Crippen molar-refractivity contribution in [3.05, 3.63) is 42.2 Å². The van der Waals surface area contributed by atoms with Crippen molar-refractivity contribution < 1.29 is 24.2 Å². The van der Waals surface area contributed by atoms with Gasteiger partial charge in [-0.15, -0.1) is 0 Å². The van der Waals surface area contributed by atoms with Crippen molar-refractivity contribution in [3.8, 4) is 40.1 Å². The van der Waals surface area contributed by atoms with E-state index >= 15 is 0 Å². The Morgan fingerprint density at radius 3 is 2.57 bits per heavy atom. The molecule has 0 saturated carbocycles. The summed E-state index contributed by atoms with van der Waals surface area (Å²) in [5, 5.41) is 32.0. The maximum atomic E-state index is 13.3. The molecule has 0 spiro atoms. The lowest BCUT2D eigenvalue weighted by Gasteiger charge is -2.00. The molecule has 21 heavy (non-hydrogen) atoms. The largest absolute Gasteiger partial charge is 0.505 e. The molecular weight excluding hydrogens is 279 g/mol. The van der Waals surface area contributed by atoms with Gasteiger partial charge in [0.25, 0.3) is 5.89 Å². The highest BCUT2D eigenvalue weighted by Gasteiger charge is 2.16. The van der Waals surface area contributed by atoms with Crippen LogP contribution in [0.15, 0.2) is 40.9 Å². The summed E-state index contributed by atoms with van der Waals surface area (Å²) in [5.41, 5.74) is 0.466. The summed E-state index contributed by atoms with van der Waals surface area (Å²) < 4.78 is 18.3. The van der Waals surface area contributed by atoms with Crippen LogP contribution in [0.2, 0.25) is 0 Å². The van der Waals surface area contributed by atoms with Gasteiger partial charge < -0.3 is 19.8 Å². The number of aromatic nitrogens is 2. The summed E-state index contributed by atoms with van der Waals surface area (Å²) in [6.07, 6.45) is 0. The number of halogens is 1. The summed E-state index contributed by atoms with van der Waals surface area (Å²) in [6, 6.07) is 7.97. The van der Waals surface area contributed by atoms with Gasteiger partial charge in [-0.3, -0.25) is 0 Å². The highest BCUT2D eigenvalue weighted by molar-refractivity contribution is 5.68. The molecule has 3 N–H and O–H groups in total. The maximum absolute atomic E-state index is 13.3. The molecule has 6 nitrogen and oxygen atoms in total. The summed E-state index contributed by atoms with van der Waals surface area (Å²) >= 11 is 0. The van der Waals surface area contributed by atoms with Gasteiger partial charge in [-0.05, 0) is 30.3 Å². The number of phenols is 3. The van der Waals surface area contributed by atoms with Crippen LogP contribution in [0.25, 0.3) is 22.8 Å². The molecule has 3 rings (SSSR count). The number of aromatic hydroxyl groups is 3. The maximum Gasteiger partial charge on any atom is 0.262 e. The Balaban J connectivity index is 2.03. The fourth-order valence-corrected chi connectivity index (χ4v) is 1.80. The zero-order chi connectivity index (χ0) is 15.0. The fraction of sp³-hybridized carbons (Fsp3) is 0. The van der Waals surface area contributed by atoms with Crippen LogP contribution in [-0.2, 0) is 0 Å². The van der Waals surface area contributed by atoms with E-state index < -0.39 is 11.6 Å². The number of nitrogens with zero attached hydrogens (tertiary/aromatic N) is 2. The van der Waals surface area contributed by atoms with Gasteiger partial charge in [0.1, 0.15) is 0 Å². The second-order valence-electron chi connectivity index (χ2n) is 4.26. The molecule has 0 aliphatic rings. The average Bonchev–Trinajstić information content (AvgIpc) is 2.94. The van der Waals surface area contributed by atoms with Gasteiger partial charge in [0, 0.05) is 5.56 Å². The van der Waals surface area contributed by atoms with Gasteiger partial charge in [0.2, 0.25) is 5.82 Å². The van der Waals surface area contributed by atoms with E-state index in [0.717, 1.165) is 6.07 Å². The van der Waals surface area contributed by atoms with Crippen molar-refractivity contribution in [1.29, 1.82) is 0 Å². The zero-order valence-corrected chi connectivity index (χ0v) is 10.5. The number of hydrogen-bond donors (Lipinski definition) is 3. The topological polar surface area (TPSA) is 99.6 Å². The Bertz CT molecular complexity index is 816. The molecule has 0 unspecified atom stereocenters. The SMILES string of the molecule is Oc1ccc(-c2noc(-c3cccc(O)c3O)n2)cc1F. The molecule has 0 atom stereocenters. The fourth-order valence-electron chi connectivity index (χ4n) is 1.80. The molecule has 1 aromatic heterocycles. The van der Waals surface area contributed by atoms with Gasteiger partial charge >= 0.3 is 0 Å². The molecule has 0 fully saturated rings. The van der Waals surface area contributed by atoms with E-state index in [2.05, 4.69) is 10.1 Å². The standard InChI is InChI=1S/C14H9FN2O4/c15-9-6-7(4-5-10(9)18)13-16-14(21-17-13)8-2-1-3-11(19)12(8)20/h1-6,18-20H. The van der Waals surface area contributed by atoms with E-state index in [1.165, 1.54) is 30.3 Å². The number of hydrogen-bond acceptors (Lipinski definition) is 6. The molecule has 106 valence electrons. The van der Waals surface area contributed by atoms with Gasteiger partial charge in [0.15, 0.2) is 23.1 Å². The van der Waals surface area contributed by atoms with E-state index in [1.54, 1.807) is 0 Å². The minimum atomic E-state index is -0.806. The molecule has 7 heteroatoms. The van der Waals surface area contributed by atoms with Crippen LogP contribution in [0.4, 0.5) is 4.39 Å². The smallest absolute Gasteiger partial charge is 0.262 e. The molecule has 0 aliphatic heterocycles. The van der Waals surface area contributed by atoms with Crippen LogP contribution in [0, 0.1) is 5.82 Å². The quantitative estimate of drug-likeness (QED) is 0.627. The van der Waals surface area contributed by atoms with E-state index in [-0.39, 0.29) is 28.8 Å². The average molecular weight is 288 g/mol. The normalized spacial score (nSPS) is 10.7. The van der Waals surface area contributed by atoms with Crippen LogP contribution >= 0.6 is 0 Å². The van der Waals surface area contributed by atoms with Gasteiger partial charge in [0.05, 0.1) is 5.56 Å². The van der Waals surface area contributed by atoms with Gasteiger partial charge in [-0.2, -0.15) is 4.98 Å². The second kappa shape index (κ2) is 4.78. The molecule has 1 heterocycles. The summed E-state index contributed by atoms with van der Waals surface area (Å²) in [7, 11) is 0. The number of rotatable bonds is 2. The molecule has 0 amide bonds. The first-order chi connectivity index (χ1) is 10.1. The lowest BCUT2D eigenvalue weighted by molar-refractivity contribution is 0.397. The minimum absolute atomic E-state index is 0.0214. The molecule has 0 radical (unpaired) electrons. The van der Waals surface area contributed by atoms with E-state index in [9.17, 15) is 14.6 Å². The van der Waals surface area contributed by atoms with Crippen molar-refractivity contribution in [2.75, 3.05) is 0 Å². The molecule has 0 saturated heterocycles. The predicted octanol–water partition coefficient (Wildman–Crippen LogP) is 2.66. The van der Waals surface area contributed by atoms with Gasteiger partial charge in [-0.1, -0.05) is 11.2 Å². The highest BCUT2D eigenvalue weighted by atomic mass is 19.1. The zero-order valence-electron chi connectivity index (χ0n) is 10.5. The summed E-state index contributed by atoms with van der Waals surface area (Å²) in [5.74, 6) is -1.92. The molecule has 0 aliphatic carbocycles. The van der Waals surface area contributed by atoms with Crippen molar-refractivity contribution in [3.63, 3.8) is 0 Å². The van der Waals surface area contributed by atoms with Crippen LogP contribution < -0.4 is 0 Å². The van der Waals surface area contributed by atoms with E-state index in [1.807, 2.05) is 0 Å². The van der Waals surface area contributed by atoms with Crippen molar-refractivity contribution in [2.45, 2.75) is 0 Å². The van der Waals surface area contributed by atoms with Crippen LogP contribution in [-0.4, -0.2) is 25.5 Å². The Kier molecular flexibility index (Phi) is 2.94. The first-order valence-electron chi connectivity index (χ1n) is 5.90. The number of benzene rings is 2. The Morgan fingerprint density at radius 2 is 1.81 bits per heavy atom. The van der Waals surface area contributed by atoms with Crippen LogP contribution in [0.3, 0.4) is 0 Å². The number of phenolic OH excluding ortho intramolecular Hbond substituents is 3. The van der Waals surface area contributed by atoms with Crippen molar-refractivity contribution >= 4 is 0 Å². The van der Waals surface area contributed by atoms with E-state index in [4.69, 9.17) is 9.63 Å². The lowest BCUT2D eigenvalue weighted by Crippen LogP contribution is -1.84. The summed E-state index contributed by atoms with van der Waals surface area (Å²) in [6.45, 7) is 0. The first kappa shape index (κ1) is 12.9. The van der Waals surface area contributed by atoms with Crippen LogP contribution in [0.5, 0.6) is 17.2 Å². The third-order valence-electron chi connectivity index (χ3n) is 2.88. The Labute approximate surface area is 117 Å². The molecule has 3 aromatic rings. The van der Waals surface area contributed by atoms with Crippen LogP contribution in [0.1, 0.15) is 0 Å². The third kappa shape index (κ3) is 2.25. The minimum Gasteiger partial charge on any atom is -0.505 e. The highest BCUT2D eigenvalue weighted by Crippen LogP contribution is 2.36. The molecular formula is C14H9FN2O4. The monoisotopic (exact) mass is 288 g/mol. The second-order valence-corrected chi connectivity index (χ2v) is 4.26. The predicted molar refractivity (Wildman–Crippen MR) is 70.1 cm³/mol. The van der Waals surface area contributed by atoms with Crippen molar-refractivity contribution in [1.82, 2.24) is 10.1 Å². The summed E-state index contributed by atoms with van der Waals surface area (Å²) in [4.78, 5) is 4.03. The molecule has 0 bridgehead atoms. The third-order valence-corrected chi connectivity index (χ3v) is 2.88. The first-order valence-corrected chi connectivity index (χ1v) is 5.90. The molecule has 2 aromatic carbocycles. The number of para-hydroxylation sites is 1. The van der Waals surface area contributed by atoms with E-state index in [0.29, 0.717) is 5.56 Å². The Morgan fingerprint density at radius 1 is 1.00 bits per heavy atom.